The predicted octanol–water partition coefficient (Wildman–Crippen LogP) is 6.38. The molecule has 10 rings (SSSR count). The summed E-state index contributed by atoms with van der Waals surface area (Å²) in [5, 5.41) is 23.7. The summed E-state index contributed by atoms with van der Waals surface area (Å²) in [6.45, 7) is 0. The summed E-state index contributed by atoms with van der Waals surface area (Å²) in [5.41, 5.74) is 7.15. The molecule has 0 amide bonds. The zero-order chi connectivity index (χ0) is 23.1. The van der Waals surface area contributed by atoms with E-state index in [1.807, 2.05) is 36.4 Å². The van der Waals surface area contributed by atoms with Gasteiger partial charge in [0.1, 0.15) is 0 Å². The fourth-order valence-corrected chi connectivity index (χ4v) is 6.21. The van der Waals surface area contributed by atoms with Gasteiger partial charge in [-0.3, -0.25) is 0 Å². The van der Waals surface area contributed by atoms with Crippen molar-refractivity contribution >= 4 is 33.5 Å². The molecule has 162 valence electrons. The van der Waals surface area contributed by atoms with Gasteiger partial charge < -0.3 is 10.2 Å². The molecule has 2 N–H and O–H groups in total. The van der Waals surface area contributed by atoms with Gasteiger partial charge in [-0.1, -0.05) is 60.7 Å². The van der Waals surface area contributed by atoms with E-state index in [-0.39, 0.29) is 23.0 Å². The van der Waals surface area contributed by atoms with Crippen molar-refractivity contribution in [1.82, 2.24) is 0 Å². The molecule has 34 heavy (non-hydrogen) atoms. The summed E-state index contributed by atoms with van der Waals surface area (Å²) in [7, 11) is 0. The maximum atomic E-state index is 11.9. The molecule has 4 bridgehead atoms. The summed E-state index contributed by atoms with van der Waals surface area (Å²) in [4.78, 5) is 23.8. The van der Waals surface area contributed by atoms with Crippen molar-refractivity contribution in [2.24, 2.45) is 0 Å². The molecule has 5 aromatic rings. The van der Waals surface area contributed by atoms with Gasteiger partial charge in [0, 0.05) is 11.8 Å². The van der Waals surface area contributed by atoms with Gasteiger partial charge in [-0.25, -0.2) is 9.59 Å². The lowest BCUT2D eigenvalue weighted by molar-refractivity contribution is 0.0686. The molecule has 0 spiro atoms. The molecule has 5 aromatic carbocycles. The molecule has 0 saturated carbocycles. The third-order valence-corrected chi connectivity index (χ3v) is 7.51. The fourth-order valence-electron chi connectivity index (χ4n) is 6.21. The maximum absolute atomic E-state index is 11.9. The third-order valence-electron chi connectivity index (χ3n) is 7.51. The number of aromatic carboxylic acids is 2. The normalized spacial score (nSPS) is 17.3. The molecule has 5 aliphatic carbocycles. The molecule has 0 fully saturated rings. The van der Waals surface area contributed by atoms with Crippen LogP contribution in [0.2, 0.25) is 0 Å². The second-order valence-electron chi connectivity index (χ2n) is 9.08. The molecule has 4 nitrogen and oxygen atoms in total. The van der Waals surface area contributed by atoms with Crippen LogP contribution in [-0.4, -0.2) is 22.2 Å². The summed E-state index contributed by atoms with van der Waals surface area (Å²) in [5.74, 6) is -2.19. The minimum absolute atomic E-state index is 0.0808. The van der Waals surface area contributed by atoms with Crippen LogP contribution in [0, 0.1) is 0 Å². The van der Waals surface area contributed by atoms with Crippen LogP contribution in [0.3, 0.4) is 0 Å². The lowest BCUT2D eigenvalue weighted by atomic mass is 9.62. The van der Waals surface area contributed by atoms with Gasteiger partial charge >= 0.3 is 11.9 Å². The van der Waals surface area contributed by atoms with Crippen LogP contribution >= 0.6 is 0 Å². The van der Waals surface area contributed by atoms with Gasteiger partial charge in [-0.2, -0.15) is 0 Å². The van der Waals surface area contributed by atoms with Crippen LogP contribution in [0.1, 0.15) is 65.9 Å². The average molecular weight is 442 g/mol. The lowest BCUT2D eigenvalue weighted by Crippen LogP contribution is -2.24. The predicted molar refractivity (Wildman–Crippen MR) is 130 cm³/mol. The number of rotatable bonds is 2. The summed E-state index contributed by atoms with van der Waals surface area (Å²) < 4.78 is 0. The van der Waals surface area contributed by atoms with E-state index in [1.165, 1.54) is 5.56 Å². The summed E-state index contributed by atoms with van der Waals surface area (Å²) in [6.07, 6.45) is 0. The minimum Gasteiger partial charge on any atom is -0.478 e. The van der Waals surface area contributed by atoms with E-state index in [0.717, 1.165) is 49.4 Å². The lowest BCUT2D eigenvalue weighted by Gasteiger charge is -2.40. The Morgan fingerprint density at radius 2 is 0.971 bits per heavy atom. The average Bonchev–Trinajstić information content (AvgIpc) is 2.84. The molecule has 0 aliphatic heterocycles. The van der Waals surface area contributed by atoms with Crippen molar-refractivity contribution in [2.75, 3.05) is 0 Å². The number of benzene rings is 5. The number of hydrogen-bond acceptors (Lipinski definition) is 2. The van der Waals surface area contributed by atoms with E-state index in [2.05, 4.69) is 30.3 Å². The van der Waals surface area contributed by atoms with Gasteiger partial charge in [0.2, 0.25) is 0 Å². The van der Waals surface area contributed by atoms with Crippen LogP contribution < -0.4 is 0 Å². The monoisotopic (exact) mass is 442 g/mol. The van der Waals surface area contributed by atoms with Crippen molar-refractivity contribution in [3.05, 3.63) is 129 Å². The molecule has 2 atom stereocenters. The first-order valence-electron chi connectivity index (χ1n) is 11.2. The molecular weight excluding hydrogens is 424 g/mol. The van der Waals surface area contributed by atoms with Crippen LogP contribution in [0.15, 0.2) is 84.9 Å². The SMILES string of the molecule is O=C(O)c1ccc2c(c1)[C@@H]1c3ccccc3[C@H]2c2c3ccccc3c1c1cc(C(=O)O)ccc21. The van der Waals surface area contributed by atoms with E-state index >= 15 is 0 Å². The van der Waals surface area contributed by atoms with Gasteiger partial charge in [0.15, 0.2) is 0 Å². The molecule has 4 heteroatoms. The molecular formula is C30H18O4. The second kappa shape index (κ2) is 6.55. The Kier molecular flexibility index (Phi) is 3.67. The van der Waals surface area contributed by atoms with Gasteiger partial charge in [-0.05, 0) is 79.2 Å². The van der Waals surface area contributed by atoms with Crippen molar-refractivity contribution < 1.29 is 19.8 Å². The highest BCUT2D eigenvalue weighted by Crippen LogP contribution is 2.57. The Morgan fingerprint density at radius 1 is 0.500 bits per heavy atom. The van der Waals surface area contributed by atoms with Crippen LogP contribution in [0.25, 0.3) is 21.5 Å². The molecule has 0 heterocycles. The maximum Gasteiger partial charge on any atom is 0.335 e. The first-order valence-corrected chi connectivity index (χ1v) is 11.2. The number of hydrogen-bond donors (Lipinski definition) is 2. The van der Waals surface area contributed by atoms with Gasteiger partial charge in [0.05, 0.1) is 11.1 Å². The van der Waals surface area contributed by atoms with Crippen LogP contribution in [-0.2, 0) is 0 Å². The van der Waals surface area contributed by atoms with Crippen molar-refractivity contribution in [2.45, 2.75) is 11.8 Å². The molecule has 0 radical (unpaired) electrons. The zero-order valence-electron chi connectivity index (χ0n) is 17.9. The number of carbonyl (C=O) groups is 2. The highest BCUT2D eigenvalue weighted by molar-refractivity contribution is 6.11. The van der Waals surface area contributed by atoms with E-state index in [1.54, 1.807) is 18.2 Å². The second-order valence-corrected chi connectivity index (χ2v) is 9.08. The van der Waals surface area contributed by atoms with E-state index in [0.29, 0.717) is 0 Å². The Balaban J connectivity index is 1.75. The Labute approximate surface area is 194 Å². The number of carboxylic acids is 2. The smallest absolute Gasteiger partial charge is 0.335 e. The zero-order valence-corrected chi connectivity index (χ0v) is 17.9. The Bertz CT molecular complexity index is 1730. The Hall–Kier alpha value is -4.44. The largest absolute Gasteiger partial charge is 0.478 e. The quantitative estimate of drug-likeness (QED) is 0.305. The molecule has 0 aromatic heterocycles. The third kappa shape index (κ3) is 2.32. The fraction of sp³-hybridized carbons (Fsp3) is 0.0667. The molecule has 0 unspecified atom stereocenters. The van der Waals surface area contributed by atoms with Crippen molar-refractivity contribution in [3.8, 4) is 0 Å². The van der Waals surface area contributed by atoms with Crippen molar-refractivity contribution in [3.63, 3.8) is 0 Å². The van der Waals surface area contributed by atoms with Crippen LogP contribution in [0.5, 0.6) is 0 Å². The Morgan fingerprint density at radius 3 is 1.62 bits per heavy atom. The molecule has 0 saturated heterocycles. The standard InChI is InChI=1S/C30H18O4/c31-29(32)15-9-11-21-23(13-15)27-19-7-3-1-5-17(19)25(21)26-18-6-2-4-8-20(18)28(27)24-14-16(30(33)34)10-12-22(24)26/h1-14,25,27H,(H,31,32)(H,33,34)/t25-,27+/m1/s1. The first kappa shape index (κ1) is 19.1. The van der Waals surface area contributed by atoms with Gasteiger partial charge in [0.25, 0.3) is 0 Å². The minimum atomic E-state index is -0.959. The van der Waals surface area contributed by atoms with Crippen LogP contribution in [0.4, 0.5) is 0 Å². The topological polar surface area (TPSA) is 74.6 Å². The van der Waals surface area contributed by atoms with E-state index in [4.69, 9.17) is 0 Å². The highest BCUT2D eigenvalue weighted by Gasteiger charge is 2.40. The van der Waals surface area contributed by atoms with E-state index < -0.39 is 11.9 Å². The van der Waals surface area contributed by atoms with E-state index in [9.17, 15) is 19.8 Å². The first-order chi connectivity index (χ1) is 16.5. The van der Waals surface area contributed by atoms with Gasteiger partial charge in [-0.15, -0.1) is 0 Å². The van der Waals surface area contributed by atoms with Crippen molar-refractivity contribution in [1.29, 1.82) is 0 Å². The number of carboxylic acid groups (broad SMARTS) is 2. The highest BCUT2D eigenvalue weighted by atomic mass is 16.4. The summed E-state index contributed by atoms with van der Waals surface area (Å²) >= 11 is 0. The summed E-state index contributed by atoms with van der Waals surface area (Å²) in [6, 6.07) is 27.6. The molecule has 5 aliphatic rings.